The van der Waals surface area contributed by atoms with Crippen LogP contribution in [0.4, 0.5) is 4.39 Å². The summed E-state index contributed by atoms with van der Waals surface area (Å²) in [6.45, 7) is 3.84. The highest BCUT2D eigenvalue weighted by molar-refractivity contribution is 5.75. The molecule has 0 N–H and O–H groups in total. The van der Waals surface area contributed by atoms with Crippen LogP contribution in [-0.2, 0) is 4.79 Å². The predicted octanol–water partition coefficient (Wildman–Crippen LogP) is 8.03. The van der Waals surface area contributed by atoms with Gasteiger partial charge in [-0.1, -0.05) is 24.6 Å². The van der Waals surface area contributed by atoms with E-state index in [9.17, 15) is 9.18 Å². The van der Waals surface area contributed by atoms with E-state index < -0.39 is 0 Å². The number of allylic oxidation sites excluding steroid dienone is 2. The maximum absolute atomic E-state index is 13.7. The van der Waals surface area contributed by atoms with Gasteiger partial charge in [-0.25, -0.2) is 4.39 Å². The number of aryl methyl sites for hydroxylation is 1. The van der Waals surface area contributed by atoms with Gasteiger partial charge >= 0.3 is 5.97 Å². The van der Waals surface area contributed by atoms with Crippen LogP contribution in [0.25, 0.3) is 0 Å². The molecule has 1 aromatic carbocycles. The molecule has 0 amide bonds. The average molecular weight is 441 g/mol. The van der Waals surface area contributed by atoms with Crippen molar-refractivity contribution in [1.29, 1.82) is 0 Å². The van der Waals surface area contributed by atoms with Gasteiger partial charge in [-0.15, -0.1) is 0 Å². The zero-order valence-corrected chi connectivity index (χ0v) is 20.0. The molecule has 0 spiro atoms. The van der Waals surface area contributed by atoms with E-state index in [1.165, 1.54) is 57.4 Å². The summed E-state index contributed by atoms with van der Waals surface area (Å²) in [5.41, 5.74) is 0.571. The quantitative estimate of drug-likeness (QED) is 0.254. The van der Waals surface area contributed by atoms with Crippen LogP contribution in [-0.4, -0.2) is 5.97 Å². The maximum Gasteiger partial charge on any atom is 0.314 e. The molecule has 0 radical (unpaired) electrons. The SMILES string of the molecule is C/C=C/CCC1CCC2CC(C3CCC(C(=O)Oc4ccc(C)c(F)c4)CC3)CCC2C1. The Kier molecular flexibility index (Phi) is 8.07. The molecule has 0 aromatic heterocycles. The second kappa shape index (κ2) is 11.0. The number of carbonyl (C=O) groups excluding carboxylic acids is 1. The van der Waals surface area contributed by atoms with E-state index in [0.29, 0.717) is 11.3 Å². The van der Waals surface area contributed by atoms with Crippen LogP contribution in [0.1, 0.15) is 89.5 Å². The Bertz CT molecular complexity index is 792. The Hall–Kier alpha value is -1.64. The van der Waals surface area contributed by atoms with E-state index in [0.717, 1.165) is 55.3 Å². The Morgan fingerprint density at radius 2 is 1.62 bits per heavy atom. The summed E-state index contributed by atoms with van der Waals surface area (Å²) < 4.78 is 19.2. The smallest absolute Gasteiger partial charge is 0.314 e. The molecule has 0 heterocycles. The van der Waals surface area contributed by atoms with Crippen LogP contribution in [0, 0.1) is 48.2 Å². The molecule has 3 heteroatoms. The third kappa shape index (κ3) is 5.83. The number of ether oxygens (including phenoxy) is 1. The summed E-state index contributed by atoms with van der Waals surface area (Å²) in [4.78, 5) is 12.6. The highest BCUT2D eigenvalue weighted by Crippen LogP contribution is 2.49. The summed E-state index contributed by atoms with van der Waals surface area (Å²) in [5.74, 6) is 4.32. The van der Waals surface area contributed by atoms with E-state index >= 15 is 0 Å². The second-order valence-electron chi connectivity index (χ2n) is 10.9. The van der Waals surface area contributed by atoms with Gasteiger partial charge in [0.15, 0.2) is 0 Å². The number of halogens is 1. The fourth-order valence-electron chi connectivity index (χ4n) is 6.87. The summed E-state index contributed by atoms with van der Waals surface area (Å²) in [6, 6.07) is 4.68. The van der Waals surface area contributed by atoms with Crippen molar-refractivity contribution in [3.63, 3.8) is 0 Å². The topological polar surface area (TPSA) is 26.3 Å². The normalized spacial score (nSPS) is 33.1. The van der Waals surface area contributed by atoms with Gasteiger partial charge in [0, 0.05) is 6.07 Å². The van der Waals surface area contributed by atoms with Crippen molar-refractivity contribution in [3.05, 3.63) is 41.7 Å². The average Bonchev–Trinajstić information content (AvgIpc) is 2.81. The first-order valence-corrected chi connectivity index (χ1v) is 13.1. The van der Waals surface area contributed by atoms with Crippen molar-refractivity contribution >= 4 is 5.97 Å². The van der Waals surface area contributed by atoms with E-state index in [-0.39, 0.29) is 17.7 Å². The number of hydrogen-bond acceptors (Lipinski definition) is 2. The Morgan fingerprint density at radius 3 is 2.34 bits per heavy atom. The number of fused-ring (bicyclic) bond motifs is 1. The lowest BCUT2D eigenvalue weighted by atomic mass is 9.60. The number of rotatable bonds is 6. The molecule has 4 unspecified atom stereocenters. The molecule has 3 aliphatic rings. The van der Waals surface area contributed by atoms with Gasteiger partial charge in [0.25, 0.3) is 0 Å². The van der Waals surface area contributed by atoms with Gasteiger partial charge in [0.1, 0.15) is 11.6 Å². The minimum Gasteiger partial charge on any atom is -0.426 e. The third-order valence-electron chi connectivity index (χ3n) is 8.87. The fourth-order valence-corrected chi connectivity index (χ4v) is 6.87. The van der Waals surface area contributed by atoms with Crippen molar-refractivity contribution in [1.82, 2.24) is 0 Å². The summed E-state index contributed by atoms with van der Waals surface area (Å²) >= 11 is 0. The monoisotopic (exact) mass is 440 g/mol. The van der Waals surface area contributed by atoms with Crippen LogP contribution in [0.2, 0.25) is 0 Å². The molecule has 0 saturated heterocycles. The van der Waals surface area contributed by atoms with E-state index in [2.05, 4.69) is 19.1 Å². The van der Waals surface area contributed by atoms with Crippen LogP contribution >= 0.6 is 0 Å². The third-order valence-corrected chi connectivity index (χ3v) is 8.87. The molecule has 3 fully saturated rings. The van der Waals surface area contributed by atoms with E-state index in [1.54, 1.807) is 19.1 Å². The van der Waals surface area contributed by atoms with Gasteiger partial charge in [-0.2, -0.15) is 0 Å². The van der Waals surface area contributed by atoms with Crippen molar-refractivity contribution in [3.8, 4) is 5.75 Å². The Labute approximate surface area is 194 Å². The summed E-state index contributed by atoms with van der Waals surface area (Å²) in [6.07, 6.45) is 19.9. The van der Waals surface area contributed by atoms with Crippen LogP contribution in [0.15, 0.2) is 30.4 Å². The van der Waals surface area contributed by atoms with Crippen LogP contribution in [0.3, 0.4) is 0 Å². The van der Waals surface area contributed by atoms with E-state index in [4.69, 9.17) is 4.74 Å². The predicted molar refractivity (Wildman–Crippen MR) is 128 cm³/mol. The van der Waals surface area contributed by atoms with Crippen molar-refractivity contribution in [2.75, 3.05) is 0 Å². The van der Waals surface area contributed by atoms with Gasteiger partial charge in [0.05, 0.1) is 5.92 Å². The van der Waals surface area contributed by atoms with Gasteiger partial charge in [0.2, 0.25) is 0 Å². The molecule has 32 heavy (non-hydrogen) atoms. The molecule has 176 valence electrons. The standard InChI is InChI=1S/C29H41FO2/c1-3-4-5-6-21-8-9-26-18-25(15-14-24(26)17-21)22-10-12-23(13-11-22)29(31)32-27-16-7-20(2)28(30)19-27/h3-4,7,16,19,21-26H,5-6,8-15,17-18H2,1-2H3/b4-3+. The minimum atomic E-state index is -0.318. The highest BCUT2D eigenvalue weighted by Gasteiger charge is 2.39. The molecular formula is C29H41FO2. The first-order chi connectivity index (χ1) is 15.5. The lowest BCUT2D eigenvalue weighted by Gasteiger charge is -2.45. The molecule has 3 aliphatic carbocycles. The van der Waals surface area contributed by atoms with Gasteiger partial charge < -0.3 is 4.74 Å². The number of esters is 1. The lowest BCUT2D eigenvalue weighted by molar-refractivity contribution is -0.140. The highest BCUT2D eigenvalue weighted by atomic mass is 19.1. The minimum absolute atomic E-state index is 0.0282. The lowest BCUT2D eigenvalue weighted by Crippen LogP contribution is -2.35. The Morgan fingerprint density at radius 1 is 0.969 bits per heavy atom. The van der Waals surface area contributed by atoms with Crippen LogP contribution in [0.5, 0.6) is 5.75 Å². The van der Waals surface area contributed by atoms with Crippen molar-refractivity contribution < 1.29 is 13.9 Å². The first kappa shape index (κ1) is 23.5. The molecule has 3 saturated carbocycles. The van der Waals surface area contributed by atoms with Crippen molar-refractivity contribution in [2.45, 2.75) is 90.9 Å². The number of carbonyl (C=O) groups is 1. The molecule has 4 rings (SSSR count). The largest absolute Gasteiger partial charge is 0.426 e. The zero-order valence-electron chi connectivity index (χ0n) is 20.0. The molecule has 0 aliphatic heterocycles. The van der Waals surface area contributed by atoms with E-state index in [1.807, 2.05) is 0 Å². The molecule has 1 aromatic rings. The fraction of sp³-hybridized carbons (Fsp3) is 0.690. The van der Waals surface area contributed by atoms with Gasteiger partial charge in [-0.3, -0.25) is 4.79 Å². The summed E-state index contributed by atoms with van der Waals surface area (Å²) in [7, 11) is 0. The molecule has 4 atom stereocenters. The molecule has 0 bridgehead atoms. The van der Waals surface area contributed by atoms with Crippen LogP contribution < -0.4 is 4.74 Å². The molecule has 2 nitrogen and oxygen atoms in total. The Balaban J connectivity index is 1.21. The summed E-state index contributed by atoms with van der Waals surface area (Å²) in [5, 5.41) is 0. The zero-order chi connectivity index (χ0) is 22.5. The first-order valence-electron chi connectivity index (χ1n) is 13.1. The van der Waals surface area contributed by atoms with Gasteiger partial charge in [-0.05, 0) is 126 Å². The van der Waals surface area contributed by atoms with Crippen molar-refractivity contribution in [2.24, 2.45) is 35.5 Å². The number of hydrogen-bond donors (Lipinski definition) is 0. The maximum atomic E-state index is 13.7. The molecular weight excluding hydrogens is 399 g/mol. The second-order valence-corrected chi connectivity index (χ2v) is 10.9. The number of benzene rings is 1.